The van der Waals surface area contributed by atoms with E-state index in [1.165, 1.54) is 12.1 Å². The van der Waals surface area contributed by atoms with Crippen molar-refractivity contribution in [1.82, 2.24) is 0 Å². The summed E-state index contributed by atoms with van der Waals surface area (Å²) in [5.41, 5.74) is 1.52. The van der Waals surface area contributed by atoms with Gasteiger partial charge in [0.25, 0.3) is 0 Å². The number of hydrogen-bond acceptors (Lipinski definition) is 3. The standard InChI is InChI=1S/C18H18O4/c1-2-6-16(13-9-11-14(12-10-13)17(19)20)22-18(21)15-7-4-3-5-8-15/h3-5,7-12,16H,2,6H2,1H3,(H,19,20). The number of carbonyl (C=O) groups is 2. The second-order valence-corrected chi connectivity index (χ2v) is 4.98. The smallest absolute Gasteiger partial charge is 0.338 e. The number of carboxylic acid groups (broad SMARTS) is 1. The molecule has 1 N–H and O–H groups in total. The Hall–Kier alpha value is -2.62. The third-order valence-corrected chi connectivity index (χ3v) is 3.34. The Morgan fingerprint density at radius 2 is 1.64 bits per heavy atom. The highest BCUT2D eigenvalue weighted by Crippen LogP contribution is 2.24. The average Bonchev–Trinajstić information content (AvgIpc) is 2.55. The van der Waals surface area contributed by atoms with Gasteiger partial charge in [-0.1, -0.05) is 43.7 Å². The molecule has 1 unspecified atom stereocenters. The van der Waals surface area contributed by atoms with Crippen LogP contribution in [0.1, 0.15) is 52.1 Å². The molecule has 0 aliphatic rings. The van der Waals surface area contributed by atoms with Crippen molar-refractivity contribution < 1.29 is 19.4 Å². The fourth-order valence-corrected chi connectivity index (χ4v) is 2.17. The van der Waals surface area contributed by atoms with Gasteiger partial charge in [0.05, 0.1) is 11.1 Å². The molecule has 2 aromatic rings. The molecule has 0 heterocycles. The van der Waals surface area contributed by atoms with E-state index in [0.29, 0.717) is 12.0 Å². The average molecular weight is 298 g/mol. The van der Waals surface area contributed by atoms with Crippen LogP contribution >= 0.6 is 0 Å². The van der Waals surface area contributed by atoms with E-state index >= 15 is 0 Å². The number of carbonyl (C=O) groups excluding carboxylic acids is 1. The molecule has 114 valence electrons. The van der Waals surface area contributed by atoms with E-state index in [9.17, 15) is 9.59 Å². The van der Waals surface area contributed by atoms with E-state index in [4.69, 9.17) is 9.84 Å². The minimum Gasteiger partial charge on any atom is -0.478 e. The van der Waals surface area contributed by atoms with Crippen molar-refractivity contribution in [2.45, 2.75) is 25.9 Å². The van der Waals surface area contributed by atoms with Gasteiger partial charge < -0.3 is 9.84 Å². The van der Waals surface area contributed by atoms with Crippen molar-refractivity contribution in [3.05, 3.63) is 71.3 Å². The minimum atomic E-state index is -0.972. The Kier molecular flexibility index (Phi) is 5.31. The van der Waals surface area contributed by atoms with Gasteiger partial charge in [-0.05, 0) is 36.2 Å². The molecule has 1 atom stereocenters. The lowest BCUT2D eigenvalue weighted by Gasteiger charge is -2.18. The van der Waals surface area contributed by atoms with Crippen LogP contribution in [0, 0.1) is 0 Å². The Labute approximate surface area is 129 Å². The van der Waals surface area contributed by atoms with Crippen LogP contribution in [0.5, 0.6) is 0 Å². The quantitative estimate of drug-likeness (QED) is 0.816. The Morgan fingerprint density at radius 1 is 1.00 bits per heavy atom. The molecule has 22 heavy (non-hydrogen) atoms. The molecule has 4 nitrogen and oxygen atoms in total. The third-order valence-electron chi connectivity index (χ3n) is 3.34. The Balaban J connectivity index is 2.15. The van der Waals surface area contributed by atoms with Gasteiger partial charge in [-0.25, -0.2) is 9.59 Å². The summed E-state index contributed by atoms with van der Waals surface area (Å²) in [5.74, 6) is -1.35. The first-order chi connectivity index (χ1) is 10.6. The molecule has 0 bridgehead atoms. The van der Waals surface area contributed by atoms with Crippen LogP contribution in [-0.4, -0.2) is 17.0 Å². The summed E-state index contributed by atoms with van der Waals surface area (Å²) in [6, 6.07) is 15.3. The van der Waals surface area contributed by atoms with Crippen LogP contribution in [0.4, 0.5) is 0 Å². The van der Waals surface area contributed by atoms with Gasteiger partial charge in [-0.2, -0.15) is 0 Å². The molecule has 0 fully saturated rings. The lowest BCUT2D eigenvalue weighted by Crippen LogP contribution is -2.12. The third kappa shape index (κ3) is 3.95. The summed E-state index contributed by atoms with van der Waals surface area (Å²) in [7, 11) is 0. The van der Waals surface area contributed by atoms with Crippen molar-refractivity contribution in [2.24, 2.45) is 0 Å². The predicted octanol–water partition coefficient (Wildman–Crippen LogP) is 4.08. The zero-order valence-electron chi connectivity index (χ0n) is 12.4. The molecule has 0 amide bonds. The van der Waals surface area contributed by atoms with Gasteiger partial charge in [0.1, 0.15) is 6.10 Å². The highest BCUT2D eigenvalue weighted by molar-refractivity contribution is 5.89. The molecule has 0 aromatic heterocycles. The summed E-state index contributed by atoms with van der Waals surface area (Å²) in [5, 5.41) is 8.93. The summed E-state index contributed by atoms with van der Waals surface area (Å²) < 4.78 is 5.58. The lowest BCUT2D eigenvalue weighted by molar-refractivity contribution is 0.0274. The number of rotatable bonds is 6. The topological polar surface area (TPSA) is 63.6 Å². The molecule has 0 aliphatic heterocycles. The second kappa shape index (κ2) is 7.41. The van der Waals surface area contributed by atoms with Crippen LogP contribution in [0.15, 0.2) is 54.6 Å². The molecular weight excluding hydrogens is 280 g/mol. The second-order valence-electron chi connectivity index (χ2n) is 4.98. The van der Waals surface area contributed by atoms with E-state index in [1.807, 2.05) is 13.0 Å². The van der Waals surface area contributed by atoms with Crippen LogP contribution in [-0.2, 0) is 4.74 Å². The Morgan fingerprint density at radius 3 is 2.18 bits per heavy atom. The highest BCUT2D eigenvalue weighted by Gasteiger charge is 2.17. The number of esters is 1. The molecule has 0 aliphatic carbocycles. The summed E-state index contributed by atoms with van der Waals surface area (Å²) in [4.78, 5) is 23.0. The maximum absolute atomic E-state index is 12.2. The fraction of sp³-hybridized carbons (Fsp3) is 0.222. The maximum atomic E-state index is 12.2. The molecular formula is C18H18O4. The number of carboxylic acids is 1. The normalized spacial score (nSPS) is 11.7. The van der Waals surface area contributed by atoms with Crippen LogP contribution < -0.4 is 0 Å². The first-order valence-electron chi connectivity index (χ1n) is 7.21. The first-order valence-corrected chi connectivity index (χ1v) is 7.21. The fourth-order valence-electron chi connectivity index (χ4n) is 2.17. The first kappa shape index (κ1) is 15.8. The number of benzene rings is 2. The number of ether oxygens (including phenoxy) is 1. The monoisotopic (exact) mass is 298 g/mol. The van der Waals surface area contributed by atoms with Gasteiger partial charge in [-0.15, -0.1) is 0 Å². The van der Waals surface area contributed by atoms with Gasteiger partial charge in [0, 0.05) is 0 Å². The maximum Gasteiger partial charge on any atom is 0.338 e. The zero-order chi connectivity index (χ0) is 15.9. The lowest BCUT2D eigenvalue weighted by atomic mass is 10.0. The number of hydrogen-bond donors (Lipinski definition) is 1. The van der Waals surface area contributed by atoms with E-state index in [-0.39, 0.29) is 17.6 Å². The van der Waals surface area contributed by atoms with E-state index < -0.39 is 5.97 Å². The van der Waals surface area contributed by atoms with Crippen molar-refractivity contribution in [3.8, 4) is 0 Å². The van der Waals surface area contributed by atoms with Gasteiger partial charge in [-0.3, -0.25) is 0 Å². The molecule has 0 saturated carbocycles. The van der Waals surface area contributed by atoms with Crippen molar-refractivity contribution in [2.75, 3.05) is 0 Å². The molecule has 4 heteroatoms. The molecule has 0 spiro atoms. The van der Waals surface area contributed by atoms with Crippen LogP contribution in [0.25, 0.3) is 0 Å². The van der Waals surface area contributed by atoms with Gasteiger partial charge in [0.2, 0.25) is 0 Å². The van der Waals surface area contributed by atoms with Crippen LogP contribution in [0.2, 0.25) is 0 Å². The van der Waals surface area contributed by atoms with Crippen molar-refractivity contribution in [1.29, 1.82) is 0 Å². The van der Waals surface area contributed by atoms with Gasteiger partial charge >= 0.3 is 11.9 Å². The van der Waals surface area contributed by atoms with Crippen molar-refractivity contribution in [3.63, 3.8) is 0 Å². The Bertz CT molecular complexity index is 632. The minimum absolute atomic E-state index is 0.216. The molecule has 0 saturated heterocycles. The SMILES string of the molecule is CCCC(OC(=O)c1ccccc1)c1ccc(C(=O)O)cc1. The molecule has 0 radical (unpaired) electrons. The zero-order valence-corrected chi connectivity index (χ0v) is 12.4. The summed E-state index contributed by atoms with van der Waals surface area (Å²) in [6.07, 6.45) is 1.17. The highest BCUT2D eigenvalue weighted by atomic mass is 16.5. The van der Waals surface area contributed by atoms with Crippen molar-refractivity contribution >= 4 is 11.9 Å². The predicted molar refractivity (Wildman–Crippen MR) is 82.9 cm³/mol. The van der Waals surface area contributed by atoms with Crippen LogP contribution in [0.3, 0.4) is 0 Å². The number of aromatic carboxylic acids is 1. The van der Waals surface area contributed by atoms with E-state index in [2.05, 4.69) is 0 Å². The molecule has 2 rings (SSSR count). The van der Waals surface area contributed by atoms with E-state index in [0.717, 1.165) is 12.0 Å². The largest absolute Gasteiger partial charge is 0.478 e. The molecule has 2 aromatic carbocycles. The van der Waals surface area contributed by atoms with Gasteiger partial charge in [0.15, 0.2) is 0 Å². The summed E-state index contributed by atoms with van der Waals surface area (Å²) in [6.45, 7) is 2.01. The summed E-state index contributed by atoms with van der Waals surface area (Å²) >= 11 is 0. The van der Waals surface area contributed by atoms with E-state index in [1.54, 1.807) is 36.4 Å².